The average Bonchev–Trinajstić information content (AvgIpc) is 2.77. The van der Waals surface area contributed by atoms with E-state index in [4.69, 9.17) is 4.74 Å². The molecule has 1 aromatic rings. The highest BCUT2D eigenvalue weighted by atomic mass is 16.5. The number of likely N-dealkylation sites (tertiary alicyclic amines) is 1. The molecule has 2 amide bonds. The van der Waals surface area contributed by atoms with Gasteiger partial charge in [0.1, 0.15) is 12.2 Å². The highest BCUT2D eigenvalue weighted by Crippen LogP contribution is 2.32. The number of piperidine rings is 1. The highest BCUT2D eigenvalue weighted by Gasteiger charge is 2.44. The number of nitrogens with zero attached hydrogens (tertiary/aromatic N) is 2. The lowest BCUT2D eigenvalue weighted by atomic mass is 9.85. The van der Waals surface area contributed by atoms with Crippen molar-refractivity contribution in [1.82, 2.24) is 4.90 Å². The number of para-hydroxylation sites is 1. The lowest BCUT2D eigenvalue weighted by molar-refractivity contribution is -0.153. The maximum absolute atomic E-state index is 12.9. The number of hydrogen-bond donors (Lipinski definition) is 0. The van der Waals surface area contributed by atoms with Crippen LogP contribution in [-0.4, -0.2) is 48.6 Å². The molecule has 2 saturated heterocycles. The zero-order chi connectivity index (χ0) is 20.1. The van der Waals surface area contributed by atoms with Gasteiger partial charge >= 0.3 is 0 Å². The summed E-state index contributed by atoms with van der Waals surface area (Å²) >= 11 is 0. The molecule has 29 heavy (non-hydrogen) atoms. The Hall–Kier alpha value is -1.88. The van der Waals surface area contributed by atoms with Crippen LogP contribution in [0.25, 0.3) is 0 Å². The second-order valence-electron chi connectivity index (χ2n) is 9.10. The first kappa shape index (κ1) is 20.4. The lowest BCUT2D eigenvalue weighted by Crippen LogP contribution is -2.62. The maximum Gasteiger partial charge on any atom is 0.253 e. The Morgan fingerprint density at radius 1 is 1.07 bits per heavy atom. The minimum atomic E-state index is -0.430. The van der Waals surface area contributed by atoms with Gasteiger partial charge in [0.05, 0.1) is 13.1 Å². The van der Waals surface area contributed by atoms with E-state index in [1.165, 1.54) is 38.5 Å². The minimum Gasteiger partial charge on any atom is -0.361 e. The van der Waals surface area contributed by atoms with Crippen molar-refractivity contribution >= 4 is 17.5 Å². The molecule has 1 unspecified atom stereocenters. The standard InChI is InChI=1S/C24H34N2O3/c27-22(14-7-11-20-9-3-1-4-10-20)25-16-8-15-24(18-25)19-26(23(28)17-29-24)21-12-5-2-6-13-21/h2,5-6,12-13,20H,1,3-4,7-11,14-19H2. The van der Waals surface area contributed by atoms with Crippen LogP contribution in [0.5, 0.6) is 0 Å². The van der Waals surface area contributed by atoms with Gasteiger partial charge in [-0.05, 0) is 43.7 Å². The third-order valence-electron chi connectivity index (χ3n) is 6.94. The summed E-state index contributed by atoms with van der Waals surface area (Å²) in [5.41, 5.74) is 0.484. The first-order chi connectivity index (χ1) is 14.2. The van der Waals surface area contributed by atoms with Crippen LogP contribution >= 0.6 is 0 Å². The Morgan fingerprint density at radius 2 is 1.86 bits per heavy atom. The summed E-state index contributed by atoms with van der Waals surface area (Å²) in [5, 5.41) is 0. The summed E-state index contributed by atoms with van der Waals surface area (Å²) < 4.78 is 6.07. The predicted octanol–water partition coefficient (Wildman–Crippen LogP) is 4.16. The molecular formula is C24H34N2O3. The Bertz CT molecular complexity index is 701. The molecule has 3 fully saturated rings. The molecule has 2 heterocycles. The molecule has 0 aromatic heterocycles. The van der Waals surface area contributed by atoms with Gasteiger partial charge in [-0.25, -0.2) is 0 Å². The van der Waals surface area contributed by atoms with Crippen LogP contribution in [0.3, 0.4) is 0 Å². The van der Waals surface area contributed by atoms with E-state index >= 15 is 0 Å². The zero-order valence-electron chi connectivity index (χ0n) is 17.5. The molecule has 4 rings (SSSR count). The number of hydrogen-bond acceptors (Lipinski definition) is 3. The Labute approximate surface area is 174 Å². The minimum absolute atomic E-state index is 0.00208. The van der Waals surface area contributed by atoms with Crippen molar-refractivity contribution in [1.29, 1.82) is 0 Å². The maximum atomic E-state index is 12.9. The van der Waals surface area contributed by atoms with Crippen molar-refractivity contribution in [3.05, 3.63) is 30.3 Å². The third-order valence-corrected chi connectivity index (χ3v) is 6.94. The summed E-state index contributed by atoms with van der Waals surface area (Å²) in [6, 6.07) is 9.79. The van der Waals surface area contributed by atoms with E-state index < -0.39 is 5.60 Å². The number of ether oxygens (including phenoxy) is 1. The van der Waals surface area contributed by atoms with Gasteiger partial charge in [0.25, 0.3) is 5.91 Å². The summed E-state index contributed by atoms with van der Waals surface area (Å²) in [4.78, 5) is 29.1. The first-order valence-electron chi connectivity index (χ1n) is 11.4. The van der Waals surface area contributed by atoms with Crippen LogP contribution in [0.1, 0.15) is 64.2 Å². The number of rotatable bonds is 5. The quantitative estimate of drug-likeness (QED) is 0.748. The van der Waals surface area contributed by atoms with Crippen LogP contribution in [0.15, 0.2) is 30.3 Å². The number of carbonyl (C=O) groups is 2. The third kappa shape index (κ3) is 5.00. The molecule has 5 nitrogen and oxygen atoms in total. The largest absolute Gasteiger partial charge is 0.361 e. The van der Waals surface area contributed by atoms with Crippen molar-refractivity contribution in [3.63, 3.8) is 0 Å². The molecular weight excluding hydrogens is 364 g/mol. The number of amides is 2. The summed E-state index contributed by atoms with van der Waals surface area (Å²) in [5.74, 6) is 1.08. The van der Waals surface area contributed by atoms with E-state index in [1.807, 2.05) is 40.1 Å². The number of anilines is 1. The Kier molecular flexibility index (Phi) is 6.53. The fourth-order valence-corrected chi connectivity index (χ4v) is 5.29. The lowest BCUT2D eigenvalue weighted by Gasteiger charge is -2.47. The molecule has 1 aromatic carbocycles. The number of benzene rings is 1. The summed E-state index contributed by atoms with van der Waals surface area (Å²) in [6.07, 6.45) is 11.5. The van der Waals surface area contributed by atoms with Crippen molar-refractivity contribution in [3.8, 4) is 0 Å². The van der Waals surface area contributed by atoms with E-state index in [0.717, 1.165) is 37.4 Å². The van der Waals surface area contributed by atoms with Gasteiger partial charge < -0.3 is 14.5 Å². The fraction of sp³-hybridized carbons (Fsp3) is 0.667. The van der Waals surface area contributed by atoms with Crippen molar-refractivity contribution < 1.29 is 14.3 Å². The molecule has 1 saturated carbocycles. The van der Waals surface area contributed by atoms with Crippen LogP contribution in [0.4, 0.5) is 5.69 Å². The fourth-order valence-electron chi connectivity index (χ4n) is 5.29. The van der Waals surface area contributed by atoms with Gasteiger partial charge in [0.15, 0.2) is 0 Å². The smallest absolute Gasteiger partial charge is 0.253 e. The molecule has 0 radical (unpaired) electrons. The SMILES string of the molecule is O=C(CCCC1CCCCC1)N1CCCC2(C1)CN(c1ccccc1)C(=O)CO2. The van der Waals surface area contributed by atoms with Crippen molar-refractivity contribution in [2.75, 3.05) is 31.1 Å². The number of carbonyl (C=O) groups excluding carboxylic acids is 2. The first-order valence-corrected chi connectivity index (χ1v) is 11.4. The van der Waals surface area contributed by atoms with E-state index in [1.54, 1.807) is 0 Å². The van der Waals surface area contributed by atoms with Crippen molar-refractivity contribution in [2.45, 2.75) is 69.8 Å². The van der Waals surface area contributed by atoms with Gasteiger partial charge in [-0.15, -0.1) is 0 Å². The molecule has 158 valence electrons. The molecule has 0 bridgehead atoms. The molecule has 0 N–H and O–H groups in total. The predicted molar refractivity (Wildman–Crippen MR) is 114 cm³/mol. The molecule has 1 atom stereocenters. The molecule has 1 spiro atoms. The van der Waals surface area contributed by atoms with Crippen LogP contribution in [-0.2, 0) is 14.3 Å². The van der Waals surface area contributed by atoms with Crippen molar-refractivity contribution in [2.24, 2.45) is 5.92 Å². The second-order valence-corrected chi connectivity index (χ2v) is 9.10. The van der Waals surface area contributed by atoms with Gasteiger partial charge in [0.2, 0.25) is 5.91 Å². The van der Waals surface area contributed by atoms with E-state index in [-0.39, 0.29) is 18.4 Å². The van der Waals surface area contributed by atoms with Crippen LogP contribution in [0, 0.1) is 5.92 Å². The van der Waals surface area contributed by atoms with E-state index in [2.05, 4.69) is 0 Å². The van der Waals surface area contributed by atoms with E-state index in [9.17, 15) is 9.59 Å². The monoisotopic (exact) mass is 398 g/mol. The summed E-state index contributed by atoms with van der Waals surface area (Å²) in [7, 11) is 0. The summed E-state index contributed by atoms with van der Waals surface area (Å²) in [6.45, 7) is 2.04. The second kappa shape index (κ2) is 9.29. The topological polar surface area (TPSA) is 49.9 Å². The van der Waals surface area contributed by atoms with Gasteiger partial charge in [0, 0.05) is 18.7 Å². The highest BCUT2D eigenvalue weighted by molar-refractivity contribution is 5.95. The zero-order valence-corrected chi connectivity index (χ0v) is 17.5. The Morgan fingerprint density at radius 3 is 2.66 bits per heavy atom. The Balaban J connectivity index is 1.33. The molecule has 3 aliphatic rings. The van der Waals surface area contributed by atoms with Gasteiger partial charge in [-0.1, -0.05) is 50.3 Å². The van der Waals surface area contributed by atoms with Gasteiger partial charge in [-0.2, -0.15) is 0 Å². The van der Waals surface area contributed by atoms with Crippen LogP contribution in [0.2, 0.25) is 0 Å². The van der Waals surface area contributed by atoms with E-state index in [0.29, 0.717) is 19.5 Å². The van der Waals surface area contributed by atoms with Gasteiger partial charge in [-0.3, -0.25) is 9.59 Å². The molecule has 2 aliphatic heterocycles. The molecule has 1 aliphatic carbocycles. The average molecular weight is 399 g/mol. The normalized spacial score (nSPS) is 26.1. The number of morpholine rings is 1. The van der Waals surface area contributed by atoms with Crippen LogP contribution < -0.4 is 4.90 Å². The molecule has 5 heteroatoms.